The number of nitrogens with zero attached hydrogens (tertiary/aromatic N) is 1. The zero-order valence-corrected chi connectivity index (χ0v) is 20.7. The van der Waals surface area contributed by atoms with E-state index in [0.717, 1.165) is 11.1 Å². The Morgan fingerprint density at radius 2 is 1.81 bits per heavy atom. The summed E-state index contributed by atoms with van der Waals surface area (Å²) in [4.78, 5) is 4.33. The molecule has 1 aliphatic heterocycles. The minimum Gasteiger partial charge on any atom is -0.405 e. The summed E-state index contributed by atoms with van der Waals surface area (Å²) in [6.07, 6.45) is -2.95. The second kappa shape index (κ2) is 9.01. The first-order valence-corrected chi connectivity index (χ1v) is 12.0. The molecule has 0 aromatic heterocycles. The predicted octanol–water partition coefficient (Wildman–Crippen LogP) is 6.18. The third kappa shape index (κ3) is 4.91. The average Bonchev–Trinajstić information content (AvgIpc) is 3.11. The van der Waals surface area contributed by atoms with Crippen LogP contribution in [0, 0.1) is 5.82 Å². The molecule has 0 spiro atoms. The lowest BCUT2D eigenvalue weighted by Crippen LogP contribution is -2.41. The van der Waals surface area contributed by atoms with Gasteiger partial charge in [0.25, 0.3) is 0 Å². The third-order valence-corrected chi connectivity index (χ3v) is 7.03. The lowest BCUT2D eigenvalue weighted by Gasteiger charge is -2.24. The molecule has 2 unspecified atom stereocenters. The molecule has 0 saturated carbocycles. The fourth-order valence-corrected chi connectivity index (χ4v) is 5.32. The number of hydrogen-bond donors (Lipinski definition) is 3. The van der Waals surface area contributed by atoms with E-state index in [9.17, 15) is 18.3 Å². The topological polar surface area (TPSA) is 79.9 Å². The van der Waals surface area contributed by atoms with Gasteiger partial charge in [0.15, 0.2) is 0 Å². The van der Waals surface area contributed by atoms with Crippen LogP contribution < -0.4 is 15.8 Å². The Hall–Kier alpha value is -3.14. The summed E-state index contributed by atoms with van der Waals surface area (Å²) in [6, 6.07) is 10.4. The maximum Gasteiger partial charge on any atom is 0.573 e. The molecule has 5 nitrogen and oxygen atoms in total. The van der Waals surface area contributed by atoms with Crippen LogP contribution in [0.25, 0.3) is 16.3 Å². The van der Waals surface area contributed by atoms with Crippen LogP contribution in [0.5, 0.6) is 5.75 Å². The third-order valence-electron chi connectivity index (χ3n) is 6.70. The van der Waals surface area contributed by atoms with Crippen molar-refractivity contribution in [1.82, 2.24) is 5.32 Å². The summed E-state index contributed by atoms with van der Waals surface area (Å²) in [7, 11) is 0. The van der Waals surface area contributed by atoms with Crippen molar-refractivity contribution < 1.29 is 27.4 Å². The normalized spacial score (nSPS) is 19.8. The number of benzene rings is 3. The molecular formula is C27H24ClF4N3O2. The number of fused-ring (bicyclic) bond motifs is 2. The maximum absolute atomic E-state index is 15.2. The summed E-state index contributed by atoms with van der Waals surface area (Å²) in [5.74, 6) is -0.978. The molecule has 0 amide bonds. The van der Waals surface area contributed by atoms with Crippen LogP contribution in [-0.2, 0) is 0 Å². The van der Waals surface area contributed by atoms with Crippen molar-refractivity contribution in [2.24, 2.45) is 10.7 Å². The second-order valence-corrected chi connectivity index (χ2v) is 10.2. The van der Waals surface area contributed by atoms with Gasteiger partial charge in [-0.05, 0) is 78.1 Å². The minimum absolute atomic E-state index is 0.144. The van der Waals surface area contributed by atoms with E-state index in [0.29, 0.717) is 34.2 Å². The molecule has 1 heterocycles. The van der Waals surface area contributed by atoms with Gasteiger partial charge in [-0.25, -0.2) is 4.39 Å². The molecule has 10 heteroatoms. The maximum atomic E-state index is 15.2. The van der Waals surface area contributed by atoms with Gasteiger partial charge in [-0.15, -0.1) is 13.2 Å². The molecule has 0 saturated heterocycles. The highest BCUT2D eigenvalue weighted by Gasteiger charge is 2.37. The lowest BCUT2D eigenvalue weighted by atomic mass is 9.90. The van der Waals surface area contributed by atoms with Crippen molar-refractivity contribution in [3.05, 3.63) is 81.8 Å². The first-order valence-electron chi connectivity index (χ1n) is 11.6. The average molecular weight is 534 g/mol. The SMILES string of the molecule is CC(C)(O)C1=NCC(c2cc3cc4c(cc3cc2F)C(N)CC4c2c(Cl)cccc2OC(F)(F)F)=CN1. The molecule has 1 aliphatic carbocycles. The van der Waals surface area contributed by atoms with Gasteiger partial charge in [-0.3, -0.25) is 4.99 Å². The van der Waals surface area contributed by atoms with Crippen LogP contribution in [0.2, 0.25) is 5.02 Å². The van der Waals surface area contributed by atoms with Gasteiger partial charge in [-0.1, -0.05) is 23.7 Å². The zero-order chi connectivity index (χ0) is 26.7. The van der Waals surface area contributed by atoms with Gasteiger partial charge in [0.05, 0.1) is 6.54 Å². The fraction of sp³-hybridized carbons (Fsp3) is 0.296. The molecule has 3 aromatic carbocycles. The van der Waals surface area contributed by atoms with E-state index >= 15 is 4.39 Å². The van der Waals surface area contributed by atoms with Crippen molar-refractivity contribution >= 4 is 33.8 Å². The Morgan fingerprint density at radius 1 is 1.11 bits per heavy atom. The Labute approximate surface area is 215 Å². The minimum atomic E-state index is -4.88. The van der Waals surface area contributed by atoms with Crippen LogP contribution in [0.1, 0.15) is 54.5 Å². The molecule has 2 aliphatic rings. The molecule has 37 heavy (non-hydrogen) atoms. The number of halogens is 5. The Morgan fingerprint density at radius 3 is 2.46 bits per heavy atom. The van der Waals surface area contributed by atoms with Gasteiger partial charge >= 0.3 is 6.36 Å². The number of alkyl halides is 3. The largest absolute Gasteiger partial charge is 0.573 e. The van der Waals surface area contributed by atoms with E-state index in [1.807, 2.05) is 6.07 Å². The quantitative estimate of drug-likeness (QED) is 0.350. The van der Waals surface area contributed by atoms with Crippen molar-refractivity contribution in [1.29, 1.82) is 0 Å². The van der Waals surface area contributed by atoms with Crippen molar-refractivity contribution in [2.75, 3.05) is 6.54 Å². The number of aliphatic hydroxyl groups is 1. The van der Waals surface area contributed by atoms with Crippen LogP contribution in [-0.4, -0.2) is 29.5 Å². The molecule has 5 rings (SSSR count). The summed E-state index contributed by atoms with van der Waals surface area (Å²) in [5, 5.41) is 14.5. The number of ether oxygens (including phenoxy) is 1. The Bertz CT molecular complexity index is 1460. The monoisotopic (exact) mass is 533 g/mol. The molecule has 194 valence electrons. The standard InChI is InChI=1S/C27H24ClF4N3O2/c1-26(2,36)25-34-11-15(12-35-25)16-6-13-7-17-18(8-14(13)9-21(16)29)22(33)10-19(17)24-20(28)4-3-5-23(24)37-27(30,31)32/h3-9,11,19,22,36H,10,12,33H2,1-2H3,(H,34,35). The first-order chi connectivity index (χ1) is 17.3. The molecule has 3 aromatic rings. The summed E-state index contributed by atoms with van der Waals surface area (Å²) in [5.41, 5.74) is 7.79. The molecular weight excluding hydrogens is 510 g/mol. The highest BCUT2D eigenvalue weighted by Crippen LogP contribution is 2.50. The van der Waals surface area contributed by atoms with Gasteiger partial charge < -0.3 is 20.9 Å². The van der Waals surface area contributed by atoms with E-state index in [2.05, 4.69) is 15.0 Å². The number of nitrogens with two attached hydrogens (primary N) is 1. The predicted molar refractivity (Wildman–Crippen MR) is 135 cm³/mol. The zero-order valence-electron chi connectivity index (χ0n) is 20.0. The van der Waals surface area contributed by atoms with Gasteiger partial charge in [-0.2, -0.15) is 0 Å². The van der Waals surface area contributed by atoms with Crippen molar-refractivity contribution in [2.45, 2.75) is 44.2 Å². The van der Waals surface area contributed by atoms with Crippen LogP contribution >= 0.6 is 11.6 Å². The van der Waals surface area contributed by atoms with Crippen molar-refractivity contribution in [3.8, 4) is 5.75 Å². The van der Waals surface area contributed by atoms with E-state index in [4.69, 9.17) is 17.3 Å². The molecule has 0 bridgehead atoms. The molecule has 4 N–H and O–H groups in total. The van der Waals surface area contributed by atoms with E-state index < -0.39 is 29.7 Å². The van der Waals surface area contributed by atoms with Gasteiger partial charge in [0, 0.05) is 34.3 Å². The van der Waals surface area contributed by atoms with Gasteiger partial charge in [0.1, 0.15) is 23.0 Å². The summed E-state index contributed by atoms with van der Waals surface area (Å²) < 4.78 is 58.8. The van der Waals surface area contributed by atoms with Gasteiger partial charge in [0.2, 0.25) is 0 Å². The molecule has 0 radical (unpaired) electrons. The Balaban J connectivity index is 1.58. The van der Waals surface area contributed by atoms with Crippen LogP contribution in [0.3, 0.4) is 0 Å². The second-order valence-electron chi connectivity index (χ2n) is 9.79. The van der Waals surface area contributed by atoms with Crippen LogP contribution in [0.4, 0.5) is 17.6 Å². The lowest BCUT2D eigenvalue weighted by molar-refractivity contribution is -0.274. The summed E-state index contributed by atoms with van der Waals surface area (Å²) >= 11 is 6.38. The number of amidine groups is 1. The first kappa shape index (κ1) is 25.5. The molecule has 2 atom stereocenters. The van der Waals surface area contributed by atoms with E-state index in [1.54, 1.807) is 32.2 Å². The van der Waals surface area contributed by atoms with Crippen LogP contribution in [0.15, 0.2) is 53.7 Å². The fourth-order valence-electron chi connectivity index (χ4n) is 5.02. The smallest absolute Gasteiger partial charge is 0.405 e. The number of hydrogen-bond acceptors (Lipinski definition) is 5. The summed E-state index contributed by atoms with van der Waals surface area (Å²) in [6.45, 7) is 3.37. The molecule has 0 fully saturated rings. The number of aliphatic imine (C=N–C) groups is 1. The van der Waals surface area contributed by atoms with E-state index in [1.165, 1.54) is 24.3 Å². The number of rotatable bonds is 4. The van der Waals surface area contributed by atoms with Crippen molar-refractivity contribution in [3.63, 3.8) is 0 Å². The Kier molecular flexibility index (Phi) is 6.21. The van der Waals surface area contributed by atoms with E-state index in [-0.39, 0.29) is 22.9 Å². The highest BCUT2D eigenvalue weighted by molar-refractivity contribution is 6.31. The number of nitrogens with one attached hydrogen (secondary N) is 1. The highest BCUT2D eigenvalue weighted by atomic mass is 35.5.